The maximum Gasteiger partial charge on any atom is 0.172 e. The molecule has 0 radical (unpaired) electrons. The van der Waals surface area contributed by atoms with E-state index in [1.807, 2.05) is 48.6 Å². The van der Waals surface area contributed by atoms with Gasteiger partial charge in [0.05, 0.1) is 33.1 Å². The first kappa shape index (κ1) is 18.8. The van der Waals surface area contributed by atoms with Gasteiger partial charge in [-0.2, -0.15) is 0 Å². The zero-order chi connectivity index (χ0) is 21.7. The number of nitrogens with one attached hydrogen (secondary N) is 2. The second kappa shape index (κ2) is 7.32. The van der Waals surface area contributed by atoms with Gasteiger partial charge in [0.2, 0.25) is 0 Å². The van der Waals surface area contributed by atoms with Crippen molar-refractivity contribution in [3.63, 3.8) is 0 Å². The van der Waals surface area contributed by atoms with E-state index in [2.05, 4.69) is 27.1 Å². The summed E-state index contributed by atoms with van der Waals surface area (Å²) in [4.78, 5) is 15.7. The molecular formula is C26H16ClFN4. The van der Waals surface area contributed by atoms with Crippen LogP contribution in [0.2, 0.25) is 5.02 Å². The molecule has 0 aliphatic carbocycles. The van der Waals surface area contributed by atoms with Crippen molar-refractivity contribution < 1.29 is 4.39 Å². The van der Waals surface area contributed by atoms with E-state index in [0.717, 1.165) is 27.9 Å². The predicted molar refractivity (Wildman–Crippen MR) is 129 cm³/mol. The quantitative estimate of drug-likeness (QED) is 0.287. The van der Waals surface area contributed by atoms with Crippen LogP contribution in [0, 0.1) is 5.82 Å². The summed E-state index contributed by atoms with van der Waals surface area (Å²) in [6.45, 7) is 0. The number of benzene rings is 1. The molecule has 0 saturated heterocycles. The molecule has 0 atom stereocenters. The molecule has 6 rings (SSSR count). The average molecular weight is 439 g/mol. The molecule has 32 heavy (non-hydrogen) atoms. The summed E-state index contributed by atoms with van der Waals surface area (Å²) in [5, 5.41) is 0.423. The van der Waals surface area contributed by atoms with Gasteiger partial charge in [0.25, 0.3) is 0 Å². The van der Waals surface area contributed by atoms with E-state index in [0.29, 0.717) is 27.4 Å². The van der Waals surface area contributed by atoms with Crippen LogP contribution < -0.4 is 0 Å². The summed E-state index contributed by atoms with van der Waals surface area (Å²) >= 11 is 6.65. The highest BCUT2D eigenvalue weighted by atomic mass is 35.5. The molecule has 0 spiro atoms. The van der Waals surface area contributed by atoms with Crippen molar-refractivity contribution in [1.82, 2.24) is 19.9 Å². The van der Waals surface area contributed by atoms with E-state index in [1.54, 1.807) is 24.3 Å². The molecule has 3 aromatic heterocycles. The number of aromatic amines is 2. The van der Waals surface area contributed by atoms with Crippen molar-refractivity contribution in [2.24, 2.45) is 0 Å². The number of hydrogen-bond donors (Lipinski definition) is 2. The van der Waals surface area contributed by atoms with E-state index in [-0.39, 0.29) is 5.69 Å². The minimum atomic E-state index is -0.435. The SMILES string of the molecule is Fc1c2nc(cc3ccc([nH]3)c(-c3ccccc3)c3nc(c(Cl)c4ccc1[nH]4)C=C3)C=C2. The first-order chi connectivity index (χ1) is 15.7. The van der Waals surface area contributed by atoms with Crippen LogP contribution in [-0.4, -0.2) is 19.9 Å². The van der Waals surface area contributed by atoms with Gasteiger partial charge in [-0.15, -0.1) is 0 Å². The second-order valence-corrected chi connectivity index (χ2v) is 7.98. The first-order valence-corrected chi connectivity index (χ1v) is 10.5. The van der Waals surface area contributed by atoms with Crippen molar-refractivity contribution in [3.05, 3.63) is 94.3 Å². The number of aromatic nitrogens is 4. The molecule has 8 bridgehead atoms. The lowest BCUT2D eigenvalue weighted by Crippen LogP contribution is -1.85. The molecule has 2 aliphatic rings. The molecule has 2 aliphatic heterocycles. The van der Waals surface area contributed by atoms with E-state index >= 15 is 4.39 Å². The lowest BCUT2D eigenvalue weighted by atomic mass is 10.0. The normalized spacial score (nSPS) is 12.4. The average Bonchev–Trinajstić information content (AvgIpc) is 3.61. The molecule has 0 amide bonds. The van der Waals surface area contributed by atoms with Crippen LogP contribution in [0.5, 0.6) is 0 Å². The third-order valence-corrected chi connectivity index (χ3v) is 5.91. The Labute approximate surface area is 187 Å². The fraction of sp³-hybridized carbons (Fsp3) is 0. The van der Waals surface area contributed by atoms with E-state index < -0.39 is 5.82 Å². The van der Waals surface area contributed by atoms with Gasteiger partial charge >= 0.3 is 0 Å². The second-order valence-electron chi connectivity index (χ2n) is 7.60. The highest BCUT2D eigenvalue weighted by Gasteiger charge is 2.13. The summed E-state index contributed by atoms with van der Waals surface area (Å²) < 4.78 is 15.0. The Morgan fingerprint density at radius 2 is 1.44 bits per heavy atom. The molecule has 5 heterocycles. The minimum absolute atomic E-state index is 0.268. The van der Waals surface area contributed by atoms with Crippen LogP contribution in [0.1, 0.15) is 22.8 Å². The van der Waals surface area contributed by atoms with Crippen LogP contribution in [0.15, 0.2) is 60.7 Å². The largest absolute Gasteiger partial charge is 0.355 e. The van der Waals surface area contributed by atoms with Crippen LogP contribution in [0.3, 0.4) is 0 Å². The number of rotatable bonds is 1. The summed E-state index contributed by atoms with van der Waals surface area (Å²) in [5.74, 6) is -0.435. The molecule has 2 N–H and O–H groups in total. The zero-order valence-electron chi connectivity index (χ0n) is 16.7. The molecule has 6 heteroatoms. The monoisotopic (exact) mass is 438 g/mol. The number of H-pyrrole nitrogens is 2. The number of nitrogens with zero attached hydrogens (tertiary/aromatic N) is 2. The third kappa shape index (κ3) is 3.15. The van der Waals surface area contributed by atoms with Crippen molar-refractivity contribution in [3.8, 4) is 11.1 Å². The predicted octanol–water partition coefficient (Wildman–Crippen LogP) is 7.12. The topological polar surface area (TPSA) is 57.4 Å². The fourth-order valence-electron chi connectivity index (χ4n) is 3.98. The van der Waals surface area contributed by atoms with Crippen molar-refractivity contribution >= 4 is 58.0 Å². The van der Waals surface area contributed by atoms with Crippen molar-refractivity contribution in [1.29, 1.82) is 0 Å². The molecule has 0 saturated carbocycles. The van der Waals surface area contributed by atoms with Gasteiger partial charge in [0.15, 0.2) is 5.82 Å². The van der Waals surface area contributed by atoms with Crippen LogP contribution in [0.4, 0.5) is 4.39 Å². The Morgan fingerprint density at radius 1 is 0.688 bits per heavy atom. The number of hydrogen-bond acceptors (Lipinski definition) is 2. The van der Waals surface area contributed by atoms with E-state index in [4.69, 9.17) is 16.6 Å². The Kier molecular flexibility index (Phi) is 4.30. The molecular weight excluding hydrogens is 423 g/mol. The summed E-state index contributed by atoms with van der Waals surface area (Å²) in [6, 6.07) is 19.4. The van der Waals surface area contributed by atoms with Gasteiger partial charge in [-0.1, -0.05) is 41.9 Å². The van der Waals surface area contributed by atoms with Crippen molar-refractivity contribution in [2.75, 3.05) is 0 Å². The highest BCUT2D eigenvalue weighted by Crippen LogP contribution is 2.32. The standard InChI is InChI=1S/C26H16ClFN4/c27-25-20-11-10-19(31-20)24(15-4-2-1-3-5-15)18-8-6-16(29-18)14-17-7-9-22(30-17)26(28)23-13-12-21(25)32-23/h1-14,29,32H. The minimum Gasteiger partial charge on any atom is -0.355 e. The maximum atomic E-state index is 15.0. The Balaban J connectivity index is 1.77. The highest BCUT2D eigenvalue weighted by molar-refractivity contribution is 6.35. The van der Waals surface area contributed by atoms with Crippen LogP contribution >= 0.6 is 11.6 Å². The number of halogens is 2. The van der Waals surface area contributed by atoms with Gasteiger partial charge in [0.1, 0.15) is 5.69 Å². The van der Waals surface area contributed by atoms with Crippen LogP contribution in [0.25, 0.3) is 57.5 Å². The summed E-state index contributed by atoms with van der Waals surface area (Å²) in [6.07, 6.45) is 7.29. The van der Waals surface area contributed by atoms with Gasteiger partial charge in [-0.3, -0.25) is 0 Å². The third-order valence-electron chi connectivity index (χ3n) is 5.51. The van der Waals surface area contributed by atoms with Gasteiger partial charge < -0.3 is 9.97 Å². The first-order valence-electron chi connectivity index (χ1n) is 10.2. The van der Waals surface area contributed by atoms with E-state index in [1.165, 1.54) is 0 Å². The van der Waals surface area contributed by atoms with Gasteiger partial charge in [0, 0.05) is 16.6 Å². The Morgan fingerprint density at radius 3 is 2.31 bits per heavy atom. The van der Waals surface area contributed by atoms with E-state index in [9.17, 15) is 0 Å². The molecule has 0 fully saturated rings. The lowest BCUT2D eigenvalue weighted by molar-refractivity contribution is 0.629. The summed E-state index contributed by atoms with van der Waals surface area (Å²) in [7, 11) is 0. The smallest absolute Gasteiger partial charge is 0.172 e. The molecule has 4 nitrogen and oxygen atoms in total. The van der Waals surface area contributed by atoms with Gasteiger partial charge in [-0.25, -0.2) is 14.4 Å². The fourth-order valence-corrected chi connectivity index (χ4v) is 4.19. The van der Waals surface area contributed by atoms with Gasteiger partial charge in [-0.05, 0) is 60.2 Å². The van der Waals surface area contributed by atoms with Crippen LogP contribution in [-0.2, 0) is 0 Å². The zero-order valence-corrected chi connectivity index (χ0v) is 17.5. The molecule has 1 aromatic carbocycles. The number of fused-ring (bicyclic) bond motifs is 8. The maximum absolute atomic E-state index is 15.0. The molecule has 0 unspecified atom stereocenters. The Hall–Kier alpha value is -3.96. The lowest BCUT2D eigenvalue weighted by Gasteiger charge is -2.03. The molecule has 154 valence electrons. The molecule has 4 aromatic rings. The Bertz CT molecular complexity index is 1590. The summed E-state index contributed by atoms with van der Waals surface area (Å²) in [5.41, 5.74) is 7.05. The van der Waals surface area contributed by atoms with Crippen molar-refractivity contribution in [2.45, 2.75) is 0 Å².